The number of hydrogen-bond donors (Lipinski definition) is 2. The average Bonchev–Trinajstić information content (AvgIpc) is 2.75. The van der Waals surface area contributed by atoms with Crippen molar-refractivity contribution in [3.05, 3.63) is 40.9 Å². The van der Waals surface area contributed by atoms with Gasteiger partial charge in [-0.3, -0.25) is 9.71 Å². The quantitative estimate of drug-likeness (QED) is 0.852. The van der Waals surface area contributed by atoms with Crippen LogP contribution in [0.4, 0.5) is 5.69 Å². The van der Waals surface area contributed by atoms with Gasteiger partial charge in [0.15, 0.2) is 0 Å². The maximum Gasteiger partial charge on any atom is 0.263 e. The molecule has 0 atom stereocenters. The number of halogens is 1. The molecular weight excluding hydrogens is 344 g/mol. The second kappa shape index (κ2) is 5.94. The van der Waals surface area contributed by atoms with E-state index in [-0.39, 0.29) is 4.90 Å². The number of rotatable bonds is 5. The van der Waals surface area contributed by atoms with Crippen molar-refractivity contribution in [3.8, 4) is 0 Å². The molecule has 0 amide bonds. The largest absolute Gasteiger partial charge is 0.352 e. The van der Waals surface area contributed by atoms with Crippen LogP contribution in [0.5, 0.6) is 0 Å². The van der Waals surface area contributed by atoms with Crippen molar-refractivity contribution in [1.82, 2.24) is 14.9 Å². The zero-order chi connectivity index (χ0) is 14.8. The molecule has 2 heterocycles. The molecule has 0 bridgehead atoms. The molecule has 0 aliphatic heterocycles. The summed E-state index contributed by atoms with van der Waals surface area (Å²) in [4.78, 5) is 4.13. The highest BCUT2D eigenvalue weighted by Crippen LogP contribution is 2.24. The Morgan fingerprint density at radius 3 is 2.85 bits per heavy atom. The van der Waals surface area contributed by atoms with Gasteiger partial charge in [-0.25, -0.2) is 8.42 Å². The van der Waals surface area contributed by atoms with Gasteiger partial charge in [0, 0.05) is 37.9 Å². The van der Waals surface area contributed by atoms with E-state index in [1.54, 1.807) is 22.9 Å². The molecule has 2 aromatic heterocycles. The highest BCUT2D eigenvalue weighted by molar-refractivity contribution is 9.10. The van der Waals surface area contributed by atoms with Gasteiger partial charge in [-0.05, 0) is 35.1 Å². The summed E-state index contributed by atoms with van der Waals surface area (Å²) in [5, 5.41) is 3.00. The summed E-state index contributed by atoms with van der Waals surface area (Å²) < 4.78 is 29.6. The van der Waals surface area contributed by atoms with Crippen molar-refractivity contribution in [2.45, 2.75) is 11.4 Å². The van der Waals surface area contributed by atoms with Crippen molar-refractivity contribution >= 4 is 31.6 Å². The van der Waals surface area contributed by atoms with E-state index in [1.807, 2.05) is 14.1 Å². The Labute approximate surface area is 126 Å². The highest BCUT2D eigenvalue weighted by atomic mass is 79.9. The Morgan fingerprint density at radius 1 is 1.45 bits per heavy atom. The monoisotopic (exact) mass is 358 g/mol. The third-order valence-corrected chi connectivity index (χ3v) is 4.73. The van der Waals surface area contributed by atoms with Gasteiger partial charge in [0.25, 0.3) is 10.0 Å². The highest BCUT2D eigenvalue weighted by Gasteiger charge is 2.18. The van der Waals surface area contributed by atoms with Crippen LogP contribution in [-0.4, -0.2) is 25.0 Å². The number of aromatic nitrogens is 2. The zero-order valence-electron chi connectivity index (χ0n) is 11.1. The average molecular weight is 359 g/mol. The van der Waals surface area contributed by atoms with Crippen molar-refractivity contribution in [2.24, 2.45) is 7.05 Å². The summed E-state index contributed by atoms with van der Waals surface area (Å²) in [5.74, 6) is 0. The maximum absolute atomic E-state index is 12.3. The van der Waals surface area contributed by atoms with E-state index in [0.717, 1.165) is 5.69 Å². The summed E-state index contributed by atoms with van der Waals surface area (Å²) in [6.07, 6.45) is 4.65. The predicted octanol–water partition coefficient (Wildman–Crippen LogP) is 1.70. The van der Waals surface area contributed by atoms with Gasteiger partial charge in [-0.15, -0.1) is 0 Å². The van der Waals surface area contributed by atoms with E-state index >= 15 is 0 Å². The Bertz CT molecular complexity index is 712. The minimum absolute atomic E-state index is 0.231. The lowest BCUT2D eigenvalue weighted by Crippen LogP contribution is -2.12. The number of hydrogen-bond acceptors (Lipinski definition) is 4. The van der Waals surface area contributed by atoms with Gasteiger partial charge in [-0.2, -0.15) is 0 Å². The van der Waals surface area contributed by atoms with Crippen LogP contribution in [0, 0.1) is 0 Å². The second-order valence-corrected chi connectivity index (χ2v) is 6.81. The third-order valence-electron chi connectivity index (χ3n) is 2.77. The van der Waals surface area contributed by atoms with E-state index in [2.05, 4.69) is 31.0 Å². The van der Waals surface area contributed by atoms with Crippen molar-refractivity contribution in [2.75, 3.05) is 11.8 Å². The van der Waals surface area contributed by atoms with Gasteiger partial charge in [0.1, 0.15) is 4.90 Å². The number of anilines is 1. The fraction of sp³-hybridized carbons (Fsp3) is 0.250. The molecule has 0 aromatic carbocycles. The Kier molecular flexibility index (Phi) is 4.46. The molecule has 0 radical (unpaired) electrons. The van der Waals surface area contributed by atoms with Crippen LogP contribution in [0.15, 0.2) is 40.1 Å². The van der Waals surface area contributed by atoms with Gasteiger partial charge in [0.05, 0.1) is 10.2 Å². The lowest BCUT2D eigenvalue weighted by atomic mass is 10.4. The standard InChI is InChI=1S/C12H15BrN4O2S/c1-14-6-9-5-10(8-17(9)2)20(18,19)16-12-3-4-15-7-11(12)13/h3-5,7-8,14H,6H2,1-2H3,(H,15,16). The minimum Gasteiger partial charge on any atom is -0.352 e. The van der Waals surface area contributed by atoms with Crippen LogP contribution in [-0.2, 0) is 23.6 Å². The fourth-order valence-electron chi connectivity index (χ4n) is 1.74. The van der Waals surface area contributed by atoms with Crippen LogP contribution in [0.2, 0.25) is 0 Å². The molecule has 108 valence electrons. The zero-order valence-corrected chi connectivity index (χ0v) is 13.5. The lowest BCUT2D eigenvalue weighted by Gasteiger charge is -2.07. The molecule has 0 saturated carbocycles. The second-order valence-electron chi connectivity index (χ2n) is 4.27. The molecule has 0 fully saturated rings. The van der Waals surface area contributed by atoms with Crippen LogP contribution >= 0.6 is 15.9 Å². The lowest BCUT2D eigenvalue weighted by molar-refractivity contribution is 0.601. The minimum atomic E-state index is -3.61. The van der Waals surface area contributed by atoms with E-state index < -0.39 is 10.0 Å². The topological polar surface area (TPSA) is 76.0 Å². The van der Waals surface area contributed by atoms with E-state index in [4.69, 9.17) is 0 Å². The van der Waals surface area contributed by atoms with Gasteiger partial charge >= 0.3 is 0 Å². The number of sulfonamides is 1. The van der Waals surface area contributed by atoms with Gasteiger partial charge in [-0.1, -0.05) is 0 Å². The van der Waals surface area contributed by atoms with E-state index in [0.29, 0.717) is 16.7 Å². The fourth-order valence-corrected chi connectivity index (χ4v) is 3.40. The Hall–Kier alpha value is -1.38. The molecule has 0 aliphatic rings. The third kappa shape index (κ3) is 3.20. The molecule has 2 N–H and O–H groups in total. The van der Waals surface area contributed by atoms with Gasteiger partial charge < -0.3 is 9.88 Å². The van der Waals surface area contributed by atoms with Crippen LogP contribution in [0.1, 0.15) is 5.69 Å². The number of nitrogens with one attached hydrogen (secondary N) is 2. The maximum atomic E-state index is 12.3. The summed E-state index contributed by atoms with van der Waals surface area (Å²) in [6.45, 7) is 0.602. The van der Waals surface area contributed by atoms with Crippen LogP contribution in [0.3, 0.4) is 0 Å². The Balaban J connectivity index is 2.31. The van der Waals surface area contributed by atoms with Crippen molar-refractivity contribution in [1.29, 1.82) is 0 Å². The smallest absolute Gasteiger partial charge is 0.263 e. The molecule has 0 aliphatic carbocycles. The molecule has 6 nitrogen and oxygen atoms in total. The first-order valence-corrected chi connectivity index (χ1v) is 8.14. The van der Waals surface area contributed by atoms with Crippen LogP contribution < -0.4 is 10.0 Å². The summed E-state index contributed by atoms with van der Waals surface area (Å²) in [7, 11) is 0.0143. The molecule has 0 saturated heterocycles. The molecule has 20 heavy (non-hydrogen) atoms. The normalized spacial score (nSPS) is 11.6. The van der Waals surface area contributed by atoms with Gasteiger partial charge in [0.2, 0.25) is 0 Å². The molecule has 0 unspecified atom stereocenters. The molecule has 8 heteroatoms. The number of aryl methyl sites for hydroxylation is 1. The van der Waals surface area contributed by atoms with Crippen molar-refractivity contribution < 1.29 is 8.42 Å². The molecule has 2 aromatic rings. The molecule has 2 rings (SSSR count). The van der Waals surface area contributed by atoms with E-state index in [1.165, 1.54) is 12.4 Å². The predicted molar refractivity (Wildman–Crippen MR) is 80.9 cm³/mol. The first-order valence-electron chi connectivity index (χ1n) is 5.86. The molecular formula is C12H15BrN4O2S. The molecule has 0 spiro atoms. The summed E-state index contributed by atoms with van der Waals surface area (Å²) in [5.41, 5.74) is 1.35. The van der Waals surface area contributed by atoms with E-state index in [9.17, 15) is 8.42 Å². The Morgan fingerprint density at radius 2 is 2.20 bits per heavy atom. The summed E-state index contributed by atoms with van der Waals surface area (Å²) in [6, 6.07) is 3.24. The van der Waals surface area contributed by atoms with Crippen LogP contribution in [0.25, 0.3) is 0 Å². The number of pyridine rings is 1. The van der Waals surface area contributed by atoms with Crippen molar-refractivity contribution in [3.63, 3.8) is 0 Å². The first kappa shape index (κ1) is 15.0. The SMILES string of the molecule is CNCc1cc(S(=O)(=O)Nc2ccncc2Br)cn1C. The summed E-state index contributed by atoms with van der Waals surface area (Å²) >= 11 is 3.26. The first-order chi connectivity index (χ1) is 9.44. The number of nitrogens with zero attached hydrogens (tertiary/aromatic N) is 2.